The molecule has 2 aliphatic heterocycles. The highest BCUT2D eigenvalue weighted by atomic mass is 16.6. The number of likely N-dealkylation sites (N-methyl/N-ethyl adjacent to an activating group) is 1. The number of nitrogens with zero attached hydrogens (tertiary/aromatic N) is 5. The maximum absolute atomic E-state index is 12.5. The van der Waals surface area contributed by atoms with Crippen LogP contribution in [0.3, 0.4) is 0 Å². The number of piperazine rings is 1. The summed E-state index contributed by atoms with van der Waals surface area (Å²) in [5, 5.41) is 3.26. The first kappa shape index (κ1) is 27.4. The van der Waals surface area contributed by atoms with E-state index in [9.17, 15) is 9.59 Å². The van der Waals surface area contributed by atoms with Crippen LogP contribution in [0, 0.1) is 0 Å². The molecule has 2 amide bonds. The summed E-state index contributed by atoms with van der Waals surface area (Å²) in [4.78, 5) is 40.6. The minimum absolute atomic E-state index is 0.112. The average Bonchev–Trinajstić information content (AvgIpc) is 2.88. The Balaban J connectivity index is 1.56. The van der Waals surface area contributed by atoms with Gasteiger partial charge in [0.15, 0.2) is 11.5 Å². The van der Waals surface area contributed by atoms with Gasteiger partial charge in [-0.1, -0.05) is 13.0 Å². The lowest BCUT2D eigenvalue weighted by Crippen LogP contribution is -2.44. The molecular weight excluding hydrogens is 482 g/mol. The standard InChI is InChI=1S/C28H39N7O3/c1-6-22-23(19-11-13-35(14-12-19)27(37)38-28(2,3)4)32-26(24(31-22)25(29)36)30-20-7-9-21(10-8-20)34-17-15-33(5)16-18-34/h7-11H,6,12-18H2,1-5H3,(H2,29,36)(H,30,32). The largest absolute Gasteiger partial charge is 0.444 e. The summed E-state index contributed by atoms with van der Waals surface area (Å²) in [7, 11) is 2.14. The van der Waals surface area contributed by atoms with Gasteiger partial charge in [0.2, 0.25) is 0 Å². The van der Waals surface area contributed by atoms with Gasteiger partial charge in [-0.25, -0.2) is 14.8 Å². The topological polar surface area (TPSA) is 117 Å². The van der Waals surface area contributed by atoms with E-state index in [2.05, 4.69) is 39.3 Å². The highest BCUT2D eigenvalue weighted by Gasteiger charge is 2.26. The van der Waals surface area contributed by atoms with Gasteiger partial charge in [0.1, 0.15) is 5.60 Å². The van der Waals surface area contributed by atoms with E-state index >= 15 is 0 Å². The first-order valence-electron chi connectivity index (χ1n) is 13.2. The molecule has 38 heavy (non-hydrogen) atoms. The fourth-order valence-electron chi connectivity index (χ4n) is 4.57. The molecule has 10 heteroatoms. The van der Waals surface area contributed by atoms with Crippen LogP contribution in [0.5, 0.6) is 0 Å². The summed E-state index contributed by atoms with van der Waals surface area (Å²) >= 11 is 0. The number of carbonyl (C=O) groups excluding carboxylic acids is 2. The average molecular weight is 522 g/mol. The number of amides is 2. The van der Waals surface area contributed by atoms with E-state index in [4.69, 9.17) is 15.5 Å². The molecule has 1 fully saturated rings. The Labute approximate surface area is 224 Å². The van der Waals surface area contributed by atoms with Gasteiger partial charge in [-0.15, -0.1) is 0 Å². The summed E-state index contributed by atoms with van der Waals surface area (Å²) in [5.41, 5.74) is 9.62. The molecule has 2 aromatic rings. The van der Waals surface area contributed by atoms with Crippen LogP contribution in [0.25, 0.3) is 5.57 Å². The monoisotopic (exact) mass is 521 g/mol. The Kier molecular flexibility index (Phi) is 8.20. The van der Waals surface area contributed by atoms with Crippen LogP contribution in [-0.4, -0.2) is 83.7 Å². The second kappa shape index (κ2) is 11.4. The molecule has 0 aliphatic carbocycles. The number of nitrogens with two attached hydrogens (primary N) is 1. The van der Waals surface area contributed by atoms with E-state index in [1.807, 2.05) is 45.9 Å². The van der Waals surface area contributed by atoms with Crippen LogP contribution in [0.1, 0.15) is 56.0 Å². The van der Waals surface area contributed by atoms with Crippen molar-refractivity contribution in [3.8, 4) is 0 Å². The smallest absolute Gasteiger partial charge is 0.410 e. The van der Waals surface area contributed by atoms with E-state index in [1.165, 1.54) is 0 Å². The molecule has 0 saturated carbocycles. The number of rotatable bonds is 6. The molecule has 2 aliphatic rings. The highest BCUT2D eigenvalue weighted by Crippen LogP contribution is 2.29. The summed E-state index contributed by atoms with van der Waals surface area (Å²) < 4.78 is 5.51. The van der Waals surface area contributed by atoms with Crippen LogP contribution >= 0.6 is 0 Å². The molecule has 10 nitrogen and oxygen atoms in total. The molecule has 0 bridgehead atoms. The molecule has 4 rings (SSSR count). The van der Waals surface area contributed by atoms with E-state index in [0.29, 0.717) is 37.4 Å². The normalized spacial score (nSPS) is 16.7. The molecule has 0 radical (unpaired) electrons. The Morgan fingerprint density at radius 3 is 2.29 bits per heavy atom. The van der Waals surface area contributed by atoms with Crippen molar-refractivity contribution in [1.82, 2.24) is 19.8 Å². The van der Waals surface area contributed by atoms with Crippen LogP contribution in [0.15, 0.2) is 30.3 Å². The van der Waals surface area contributed by atoms with Crippen molar-refractivity contribution in [2.24, 2.45) is 5.73 Å². The first-order valence-corrected chi connectivity index (χ1v) is 13.2. The molecule has 0 unspecified atom stereocenters. The van der Waals surface area contributed by atoms with Gasteiger partial charge < -0.3 is 30.5 Å². The molecule has 1 saturated heterocycles. The summed E-state index contributed by atoms with van der Waals surface area (Å²) in [5.74, 6) is -0.309. The van der Waals surface area contributed by atoms with Crippen molar-refractivity contribution in [1.29, 1.82) is 0 Å². The first-order chi connectivity index (χ1) is 18.0. The Morgan fingerprint density at radius 1 is 1.05 bits per heavy atom. The Hall–Kier alpha value is -3.66. The lowest BCUT2D eigenvalue weighted by Gasteiger charge is -2.34. The van der Waals surface area contributed by atoms with Crippen LogP contribution in [0.2, 0.25) is 0 Å². The maximum atomic E-state index is 12.5. The minimum atomic E-state index is -0.635. The second-order valence-electron chi connectivity index (χ2n) is 10.8. The molecule has 3 N–H and O–H groups in total. The van der Waals surface area contributed by atoms with E-state index in [-0.39, 0.29) is 11.8 Å². The fraction of sp³-hybridized carbons (Fsp3) is 0.500. The molecule has 0 spiro atoms. The predicted molar refractivity (Wildman–Crippen MR) is 150 cm³/mol. The van der Waals surface area contributed by atoms with Gasteiger partial charge in [-0.3, -0.25) is 4.79 Å². The molecule has 204 valence electrons. The summed E-state index contributed by atoms with van der Waals surface area (Å²) in [6.45, 7) is 12.5. The number of carbonyl (C=O) groups is 2. The molecular formula is C28H39N7O3. The number of ether oxygens (including phenoxy) is 1. The van der Waals surface area contributed by atoms with E-state index in [1.54, 1.807) is 4.90 Å². The fourth-order valence-corrected chi connectivity index (χ4v) is 4.57. The quantitative estimate of drug-likeness (QED) is 0.592. The molecule has 1 aromatic carbocycles. The third-order valence-electron chi connectivity index (χ3n) is 6.70. The zero-order valence-corrected chi connectivity index (χ0v) is 23.1. The van der Waals surface area contributed by atoms with Crippen LogP contribution < -0.4 is 16.0 Å². The molecule has 0 atom stereocenters. The molecule has 1 aromatic heterocycles. The third-order valence-corrected chi connectivity index (χ3v) is 6.70. The second-order valence-corrected chi connectivity index (χ2v) is 10.8. The van der Waals surface area contributed by atoms with Gasteiger partial charge >= 0.3 is 6.09 Å². The summed E-state index contributed by atoms with van der Waals surface area (Å²) in [6, 6.07) is 8.10. The Bertz CT molecular complexity index is 1200. The van der Waals surface area contributed by atoms with Gasteiger partial charge in [0, 0.05) is 50.6 Å². The number of nitrogens with one attached hydrogen (secondary N) is 1. The van der Waals surface area contributed by atoms with E-state index in [0.717, 1.165) is 48.8 Å². The minimum Gasteiger partial charge on any atom is -0.444 e. The number of benzene rings is 1. The van der Waals surface area contributed by atoms with Gasteiger partial charge in [0.25, 0.3) is 5.91 Å². The van der Waals surface area contributed by atoms with Gasteiger partial charge in [0.05, 0.1) is 11.4 Å². The maximum Gasteiger partial charge on any atom is 0.410 e. The van der Waals surface area contributed by atoms with Crippen LogP contribution in [-0.2, 0) is 11.2 Å². The number of aryl methyl sites for hydroxylation is 1. The number of anilines is 3. The van der Waals surface area contributed by atoms with Crippen molar-refractivity contribution in [3.63, 3.8) is 0 Å². The zero-order valence-electron chi connectivity index (χ0n) is 23.1. The summed E-state index contributed by atoms with van der Waals surface area (Å²) in [6.07, 6.45) is 2.85. The third kappa shape index (κ3) is 6.61. The highest BCUT2D eigenvalue weighted by molar-refractivity contribution is 5.96. The van der Waals surface area contributed by atoms with Crippen molar-refractivity contribution in [3.05, 3.63) is 47.4 Å². The number of primary amides is 1. The lowest BCUT2D eigenvalue weighted by molar-refractivity contribution is 0.0270. The number of aromatic nitrogens is 2. The van der Waals surface area contributed by atoms with Crippen molar-refractivity contribution in [2.75, 3.05) is 56.5 Å². The Morgan fingerprint density at radius 2 is 1.74 bits per heavy atom. The number of hydrogen-bond donors (Lipinski definition) is 2. The van der Waals surface area contributed by atoms with E-state index < -0.39 is 11.5 Å². The molecule has 3 heterocycles. The zero-order chi connectivity index (χ0) is 27.4. The number of hydrogen-bond acceptors (Lipinski definition) is 8. The van der Waals surface area contributed by atoms with Crippen molar-refractivity contribution in [2.45, 2.75) is 46.1 Å². The van der Waals surface area contributed by atoms with Crippen molar-refractivity contribution >= 4 is 34.8 Å². The lowest BCUT2D eigenvalue weighted by atomic mass is 10.0. The van der Waals surface area contributed by atoms with Crippen LogP contribution in [0.4, 0.5) is 22.0 Å². The van der Waals surface area contributed by atoms with Gasteiger partial charge in [-0.2, -0.15) is 0 Å². The predicted octanol–water partition coefficient (Wildman–Crippen LogP) is 3.66. The van der Waals surface area contributed by atoms with Gasteiger partial charge in [-0.05, 0) is 70.5 Å². The van der Waals surface area contributed by atoms with Crippen molar-refractivity contribution < 1.29 is 14.3 Å². The SMILES string of the molecule is CCc1nc(C(N)=O)c(Nc2ccc(N3CCN(C)CC3)cc2)nc1C1=CCN(C(=O)OC(C)(C)C)CC1.